The molecule has 0 saturated carbocycles. The molecule has 1 aliphatic carbocycles. The SMILES string of the molecule is CN(C(=O)OC1c2ccccc2-c2ccccc21)c1cccc2c1CNC(O)=C2O. The number of amides is 1. The maximum Gasteiger partial charge on any atom is 0.414 e. The molecule has 3 N–H and O–H groups in total. The van der Waals surface area contributed by atoms with Crippen molar-refractivity contribution in [3.8, 4) is 11.1 Å². The summed E-state index contributed by atoms with van der Waals surface area (Å²) in [5.41, 5.74) is 5.86. The molecule has 1 amide bonds. The van der Waals surface area contributed by atoms with Crippen LogP contribution < -0.4 is 10.2 Å². The Labute approximate surface area is 173 Å². The van der Waals surface area contributed by atoms with Gasteiger partial charge in [0.1, 0.15) is 0 Å². The second kappa shape index (κ2) is 6.84. The van der Waals surface area contributed by atoms with Crippen LogP contribution in [0.1, 0.15) is 28.4 Å². The number of hydrogen-bond donors (Lipinski definition) is 3. The van der Waals surface area contributed by atoms with Crippen molar-refractivity contribution in [1.29, 1.82) is 0 Å². The first-order chi connectivity index (χ1) is 14.6. The number of fused-ring (bicyclic) bond motifs is 4. The van der Waals surface area contributed by atoms with E-state index in [9.17, 15) is 15.0 Å². The lowest BCUT2D eigenvalue weighted by molar-refractivity contribution is 0.127. The summed E-state index contributed by atoms with van der Waals surface area (Å²) in [4.78, 5) is 14.5. The van der Waals surface area contributed by atoms with Gasteiger partial charge in [0, 0.05) is 35.8 Å². The lowest BCUT2D eigenvalue weighted by Crippen LogP contribution is -2.31. The maximum atomic E-state index is 13.1. The first kappa shape index (κ1) is 18.1. The number of benzene rings is 3. The van der Waals surface area contributed by atoms with Gasteiger partial charge >= 0.3 is 6.09 Å². The fourth-order valence-corrected chi connectivity index (χ4v) is 4.19. The summed E-state index contributed by atoms with van der Waals surface area (Å²) in [7, 11) is 1.64. The quantitative estimate of drug-likeness (QED) is 0.571. The molecule has 6 heteroatoms. The highest BCUT2D eigenvalue weighted by molar-refractivity contribution is 5.90. The van der Waals surface area contributed by atoms with Gasteiger partial charge in [0.2, 0.25) is 5.88 Å². The summed E-state index contributed by atoms with van der Waals surface area (Å²) >= 11 is 0. The van der Waals surface area contributed by atoms with Gasteiger partial charge in [0.25, 0.3) is 0 Å². The van der Waals surface area contributed by atoms with Crippen LogP contribution in [0.15, 0.2) is 72.6 Å². The zero-order chi connectivity index (χ0) is 20.8. The largest absolute Gasteiger partial charge is 0.503 e. The van der Waals surface area contributed by atoms with E-state index in [-0.39, 0.29) is 18.2 Å². The predicted octanol–water partition coefficient (Wildman–Crippen LogP) is 4.87. The van der Waals surface area contributed by atoms with E-state index in [2.05, 4.69) is 5.32 Å². The Balaban J connectivity index is 1.48. The van der Waals surface area contributed by atoms with Gasteiger partial charge in [-0.25, -0.2) is 4.79 Å². The van der Waals surface area contributed by atoms with Crippen LogP contribution in [0, 0.1) is 0 Å². The van der Waals surface area contributed by atoms with E-state index < -0.39 is 12.2 Å². The molecule has 0 atom stereocenters. The van der Waals surface area contributed by atoms with Gasteiger partial charge in [0.05, 0.1) is 5.69 Å². The van der Waals surface area contributed by atoms with Gasteiger partial charge < -0.3 is 20.3 Å². The van der Waals surface area contributed by atoms with E-state index in [1.54, 1.807) is 25.2 Å². The minimum Gasteiger partial charge on any atom is -0.503 e. The van der Waals surface area contributed by atoms with Crippen LogP contribution in [0.2, 0.25) is 0 Å². The van der Waals surface area contributed by atoms with Crippen LogP contribution in [-0.2, 0) is 11.3 Å². The second-order valence-corrected chi connectivity index (χ2v) is 7.35. The molecule has 5 rings (SSSR count). The van der Waals surface area contributed by atoms with Crippen LogP contribution in [0.3, 0.4) is 0 Å². The lowest BCUT2D eigenvalue weighted by atomic mass is 10.0. The van der Waals surface area contributed by atoms with Crippen molar-refractivity contribution in [2.24, 2.45) is 0 Å². The normalized spacial score (nSPS) is 14.4. The maximum absolute atomic E-state index is 13.1. The Morgan fingerprint density at radius 2 is 1.53 bits per heavy atom. The Bertz CT molecular complexity index is 1160. The van der Waals surface area contributed by atoms with E-state index in [1.807, 2.05) is 48.5 Å². The van der Waals surface area contributed by atoms with E-state index in [0.717, 1.165) is 22.3 Å². The van der Waals surface area contributed by atoms with Crippen LogP contribution in [-0.4, -0.2) is 23.4 Å². The monoisotopic (exact) mass is 400 g/mol. The minimum absolute atomic E-state index is 0.237. The van der Waals surface area contributed by atoms with Gasteiger partial charge in [0.15, 0.2) is 11.9 Å². The summed E-state index contributed by atoms with van der Waals surface area (Å²) in [5, 5.41) is 22.6. The van der Waals surface area contributed by atoms with E-state index in [0.29, 0.717) is 16.8 Å². The predicted molar refractivity (Wildman–Crippen MR) is 114 cm³/mol. The molecule has 30 heavy (non-hydrogen) atoms. The van der Waals surface area contributed by atoms with Crippen molar-refractivity contribution in [3.05, 3.63) is 94.9 Å². The molecule has 0 spiro atoms. The van der Waals surface area contributed by atoms with Crippen molar-refractivity contribution in [2.75, 3.05) is 11.9 Å². The molecule has 0 aromatic heterocycles. The smallest absolute Gasteiger partial charge is 0.414 e. The lowest BCUT2D eigenvalue weighted by Gasteiger charge is -2.26. The fourth-order valence-electron chi connectivity index (χ4n) is 4.19. The molecule has 2 aliphatic rings. The minimum atomic E-state index is -0.502. The molecule has 0 fully saturated rings. The molecule has 1 heterocycles. The first-order valence-electron chi connectivity index (χ1n) is 9.67. The number of hydrogen-bond acceptors (Lipinski definition) is 5. The van der Waals surface area contributed by atoms with Crippen molar-refractivity contribution >= 4 is 17.5 Å². The highest BCUT2D eigenvalue weighted by Gasteiger charge is 2.33. The number of carbonyl (C=O) groups is 1. The number of ether oxygens (including phenoxy) is 1. The zero-order valence-corrected chi connectivity index (χ0v) is 16.3. The number of nitrogens with zero attached hydrogens (tertiary/aromatic N) is 1. The standard InChI is InChI=1S/C24H20N2O4/c1-26(20-12-6-11-16-19(20)13-25-23(28)21(16)27)24(29)30-22-17-9-4-2-7-14(17)15-8-3-5-10-18(15)22/h2-12,22,25,27-28H,13H2,1H3. The van der Waals surface area contributed by atoms with Gasteiger partial charge in [-0.3, -0.25) is 4.90 Å². The molecule has 0 radical (unpaired) electrons. The van der Waals surface area contributed by atoms with Crippen LogP contribution in [0.5, 0.6) is 0 Å². The average molecular weight is 400 g/mol. The second-order valence-electron chi connectivity index (χ2n) is 7.35. The van der Waals surface area contributed by atoms with Crippen LogP contribution in [0.25, 0.3) is 16.9 Å². The summed E-state index contributed by atoms with van der Waals surface area (Å²) in [6, 6.07) is 21.1. The molecular formula is C24H20N2O4. The molecule has 0 bridgehead atoms. The van der Waals surface area contributed by atoms with E-state index in [4.69, 9.17) is 4.74 Å². The molecule has 1 aliphatic heterocycles. The third-order valence-electron chi connectivity index (χ3n) is 5.69. The van der Waals surface area contributed by atoms with Crippen molar-refractivity contribution in [2.45, 2.75) is 12.6 Å². The highest BCUT2D eigenvalue weighted by Crippen LogP contribution is 2.45. The molecule has 3 aromatic rings. The van der Waals surface area contributed by atoms with Crippen LogP contribution >= 0.6 is 0 Å². The summed E-state index contributed by atoms with van der Waals surface area (Å²) < 4.78 is 5.96. The average Bonchev–Trinajstić information content (AvgIpc) is 3.09. The third-order valence-corrected chi connectivity index (χ3v) is 5.69. The van der Waals surface area contributed by atoms with Gasteiger partial charge in [-0.1, -0.05) is 60.7 Å². The molecule has 150 valence electrons. The fraction of sp³-hybridized carbons (Fsp3) is 0.125. The number of carbonyl (C=O) groups excluding carboxylic acids is 1. The van der Waals surface area contributed by atoms with Crippen molar-refractivity contribution < 1.29 is 19.7 Å². The third kappa shape index (κ3) is 2.69. The zero-order valence-electron chi connectivity index (χ0n) is 16.3. The summed E-state index contributed by atoms with van der Waals surface area (Å²) in [6.07, 6.45) is -0.986. The Kier molecular flexibility index (Phi) is 4.13. The van der Waals surface area contributed by atoms with Gasteiger partial charge in [-0.2, -0.15) is 0 Å². The van der Waals surface area contributed by atoms with Crippen molar-refractivity contribution in [1.82, 2.24) is 5.32 Å². The number of aliphatic hydroxyl groups excluding tert-OH is 2. The Hall–Kier alpha value is -3.93. The number of aliphatic hydroxyl groups is 2. The summed E-state index contributed by atoms with van der Waals surface area (Å²) in [6.45, 7) is 0.286. The first-order valence-corrected chi connectivity index (χ1v) is 9.67. The van der Waals surface area contributed by atoms with E-state index >= 15 is 0 Å². The number of anilines is 1. The molecule has 0 saturated heterocycles. The molecule has 6 nitrogen and oxygen atoms in total. The summed E-state index contributed by atoms with van der Waals surface area (Å²) in [5.74, 6) is -0.512. The molecule has 0 unspecified atom stereocenters. The molecule has 3 aromatic carbocycles. The van der Waals surface area contributed by atoms with Crippen molar-refractivity contribution in [3.63, 3.8) is 0 Å². The van der Waals surface area contributed by atoms with Crippen LogP contribution in [0.4, 0.5) is 10.5 Å². The van der Waals surface area contributed by atoms with Gasteiger partial charge in [-0.15, -0.1) is 0 Å². The van der Waals surface area contributed by atoms with Gasteiger partial charge in [-0.05, 0) is 17.2 Å². The Morgan fingerprint density at radius 1 is 0.933 bits per heavy atom. The molecular weight excluding hydrogens is 380 g/mol. The van der Waals surface area contributed by atoms with E-state index in [1.165, 1.54) is 4.90 Å². The topological polar surface area (TPSA) is 82.0 Å². The number of nitrogens with one attached hydrogen (secondary N) is 1. The Morgan fingerprint density at radius 3 is 2.20 bits per heavy atom. The highest BCUT2D eigenvalue weighted by atomic mass is 16.6. The number of rotatable bonds is 2.